The molecular weight excluding hydrogens is 298 g/mol. The molecular formula is C16H19N3O4. The van der Waals surface area contributed by atoms with Gasteiger partial charge in [-0.3, -0.25) is 14.3 Å². The number of nitrogens with one attached hydrogen (secondary N) is 1. The lowest BCUT2D eigenvalue weighted by atomic mass is 10.2. The monoisotopic (exact) mass is 317 g/mol. The van der Waals surface area contributed by atoms with Gasteiger partial charge in [-0.1, -0.05) is 18.2 Å². The van der Waals surface area contributed by atoms with Crippen LogP contribution >= 0.6 is 0 Å². The van der Waals surface area contributed by atoms with E-state index in [-0.39, 0.29) is 11.5 Å². The molecule has 2 N–H and O–H groups in total. The van der Waals surface area contributed by atoms with E-state index in [1.807, 2.05) is 49.0 Å². The van der Waals surface area contributed by atoms with E-state index in [9.17, 15) is 14.4 Å². The summed E-state index contributed by atoms with van der Waals surface area (Å²) in [6, 6.07) is 10.6. The molecule has 1 aliphatic heterocycles. The number of aryl methyl sites for hydroxylation is 1. The maximum atomic E-state index is 11.6. The predicted octanol–water partition coefficient (Wildman–Crippen LogP) is 0.834. The molecule has 7 heteroatoms. The number of nitrogens with zero attached hydrogens (tertiary/aromatic N) is 2. The fourth-order valence-corrected chi connectivity index (χ4v) is 2.31. The number of aromatic nitrogens is 2. The molecule has 3 rings (SSSR count). The molecule has 0 aliphatic carbocycles. The number of para-hydroxylation sites is 1. The number of hydrogen-bond donors (Lipinski definition) is 2. The summed E-state index contributed by atoms with van der Waals surface area (Å²) in [4.78, 5) is 32.1. The minimum absolute atomic E-state index is 0.0104. The first-order valence-corrected chi connectivity index (χ1v) is 7.23. The average Bonchev–Trinajstić information content (AvgIpc) is 3.05. The fourth-order valence-electron chi connectivity index (χ4n) is 2.31. The van der Waals surface area contributed by atoms with Gasteiger partial charge >= 0.3 is 5.97 Å². The minimum atomic E-state index is -0.944. The minimum Gasteiger partial charge on any atom is -0.480 e. The van der Waals surface area contributed by atoms with Crippen molar-refractivity contribution in [3.05, 3.63) is 52.4 Å². The Hall–Kier alpha value is -2.83. The molecule has 2 aromatic rings. The number of carboxylic acids is 1. The van der Waals surface area contributed by atoms with Crippen LogP contribution in [0.5, 0.6) is 0 Å². The van der Waals surface area contributed by atoms with Gasteiger partial charge in [0.1, 0.15) is 6.04 Å². The van der Waals surface area contributed by atoms with Crippen molar-refractivity contribution in [3.63, 3.8) is 0 Å². The highest BCUT2D eigenvalue weighted by Crippen LogP contribution is 2.06. The number of hydrogen-bond acceptors (Lipinski definition) is 3. The maximum Gasteiger partial charge on any atom is 0.326 e. The first-order chi connectivity index (χ1) is 10.9. The van der Waals surface area contributed by atoms with Crippen LogP contribution in [0, 0.1) is 6.92 Å². The summed E-state index contributed by atoms with van der Waals surface area (Å²) in [5, 5.41) is 10.6. The van der Waals surface area contributed by atoms with E-state index in [4.69, 9.17) is 5.11 Å². The normalized spacial score (nSPS) is 16.4. The molecule has 1 aromatic carbocycles. The van der Waals surface area contributed by atoms with Crippen molar-refractivity contribution in [3.8, 4) is 5.69 Å². The van der Waals surface area contributed by atoms with Crippen molar-refractivity contribution in [2.45, 2.75) is 25.8 Å². The number of benzene rings is 1. The summed E-state index contributed by atoms with van der Waals surface area (Å²) < 4.78 is 3.49. The Balaban J connectivity index is 0.000000185. The molecule has 0 saturated carbocycles. The van der Waals surface area contributed by atoms with Crippen LogP contribution in [-0.4, -0.2) is 32.4 Å². The molecule has 1 atom stereocenters. The first-order valence-electron chi connectivity index (χ1n) is 7.23. The Morgan fingerprint density at radius 1 is 1.26 bits per heavy atom. The van der Waals surface area contributed by atoms with Crippen LogP contribution < -0.4 is 10.9 Å². The second-order valence-corrected chi connectivity index (χ2v) is 5.29. The lowest BCUT2D eigenvalue weighted by Gasteiger charge is -2.07. The second kappa shape index (κ2) is 6.95. The van der Waals surface area contributed by atoms with Crippen LogP contribution in [0.4, 0.5) is 0 Å². The van der Waals surface area contributed by atoms with Crippen LogP contribution in [0.2, 0.25) is 0 Å². The third-order valence-corrected chi connectivity index (χ3v) is 3.65. The van der Waals surface area contributed by atoms with Gasteiger partial charge in [-0.05, 0) is 25.5 Å². The van der Waals surface area contributed by atoms with Crippen molar-refractivity contribution in [1.82, 2.24) is 14.7 Å². The van der Waals surface area contributed by atoms with Gasteiger partial charge in [-0.15, -0.1) is 0 Å². The summed E-state index contributed by atoms with van der Waals surface area (Å²) in [5.41, 5.74) is 1.86. The molecule has 7 nitrogen and oxygen atoms in total. The molecule has 1 aromatic heterocycles. The molecule has 0 unspecified atom stereocenters. The molecule has 1 aliphatic rings. The zero-order chi connectivity index (χ0) is 17.0. The van der Waals surface area contributed by atoms with E-state index in [1.54, 1.807) is 10.7 Å². The molecule has 1 saturated heterocycles. The number of rotatable bonds is 2. The lowest BCUT2D eigenvalue weighted by Crippen LogP contribution is -2.32. The summed E-state index contributed by atoms with van der Waals surface area (Å²) in [6.45, 7) is 1.92. The fraction of sp³-hybridized carbons (Fsp3) is 0.312. The van der Waals surface area contributed by atoms with E-state index in [0.29, 0.717) is 12.8 Å². The zero-order valence-corrected chi connectivity index (χ0v) is 13.0. The second-order valence-electron chi connectivity index (χ2n) is 5.29. The lowest BCUT2D eigenvalue weighted by molar-refractivity contribution is -0.140. The molecule has 23 heavy (non-hydrogen) atoms. The van der Waals surface area contributed by atoms with Crippen molar-refractivity contribution in [2.24, 2.45) is 7.05 Å². The van der Waals surface area contributed by atoms with Crippen molar-refractivity contribution in [1.29, 1.82) is 0 Å². The molecule has 122 valence electrons. The van der Waals surface area contributed by atoms with Gasteiger partial charge in [0.2, 0.25) is 5.91 Å². The number of amides is 1. The van der Waals surface area contributed by atoms with Crippen LogP contribution in [0.3, 0.4) is 0 Å². The molecule has 0 radical (unpaired) electrons. The van der Waals surface area contributed by atoms with Crippen molar-refractivity contribution >= 4 is 11.9 Å². The van der Waals surface area contributed by atoms with Gasteiger partial charge in [0.25, 0.3) is 5.56 Å². The molecule has 1 amide bonds. The van der Waals surface area contributed by atoms with Gasteiger partial charge in [0, 0.05) is 25.2 Å². The highest BCUT2D eigenvalue weighted by Gasteiger charge is 2.26. The Morgan fingerprint density at radius 3 is 2.30 bits per heavy atom. The number of carbonyl (C=O) groups excluding carboxylic acids is 1. The molecule has 2 heterocycles. The third-order valence-electron chi connectivity index (χ3n) is 3.65. The van der Waals surface area contributed by atoms with Crippen molar-refractivity contribution < 1.29 is 14.7 Å². The van der Waals surface area contributed by atoms with Gasteiger partial charge in [0.15, 0.2) is 0 Å². The maximum absolute atomic E-state index is 11.6. The topological polar surface area (TPSA) is 93.3 Å². The SMILES string of the molecule is Cc1cc(=O)n(-c2ccccc2)n1C.O=C1CC[C@@H](C(=O)O)N1. The molecule has 0 spiro atoms. The summed E-state index contributed by atoms with van der Waals surface area (Å²) in [6.07, 6.45) is 0.769. The van der Waals surface area contributed by atoms with Gasteiger partial charge in [0.05, 0.1) is 5.69 Å². The van der Waals surface area contributed by atoms with Crippen LogP contribution in [0.1, 0.15) is 18.5 Å². The zero-order valence-electron chi connectivity index (χ0n) is 13.0. The Kier molecular flexibility index (Phi) is 5.00. The van der Waals surface area contributed by atoms with E-state index in [0.717, 1.165) is 11.4 Å². The summed E-state index contributed by atoms with van der Waals surface area (Å²) in [5.74, 6) is -1.11. The smallest absolute Gasteiger partial charge is 0.326 e. The molecule has 1 fully saturated rings. The number of carboxylic acid groups (broad SMARTS) is 1. The summed E-state index contributed by atoms with van der Waals surface area (Å²) >= 11 is 0. The first kappa shape index (κ1) is 16.5. The van der Waals surface area contributed by atoms with Crippen LogP contribution in [0.25, 0.3) is 5.69 Å². The average molecular weight is 317 g/mol. The van der Waals surface area contributed by atoms with Gasteiger partial charge in [-0.2, -0.15) is 0 Å². The van der Waals surface area contributed by atoms with Gasteiger partial charge < -0.3 is 10.4 Å². The number of carbonyl (C=O) groups is 2. The van der Waals surface area contributed by atoms with E-state index >= 15 is 0 Å². The van der Waals surface area contributed by atoms with E-state index < -0.39 is 12.0 Å². The third kappa shape index (κ3) is 3.88. The van der Waals surface area contributed by atoms with Crippen molar-refractivity contribution in [2.75, 3.05) is 0 Å². The Bertz CT molecular complexity index is 761. The highest BCUT2D eigenvalue weighted by atomic mass is 16.4. The summed E-state index contributed by atoms with van der Waals surface area (Å²) in [7, 11) is 1.88. The van der Waals surface area contributed by atoms with Crippen LogP contribution in [0.15, 0.2) is 41.2 Å². The predicted molar refractivity (Wildman–Crippen MR) is 84.5 cm³/mol. The Labute approximate surface area is 133 Å². The van der Waals surface area contributed by atoms with Gasteiger partial charge in [-0.25, -0.2) is 9.48 Å². The van der Waals surface area contributed by atoms with Crippen LogP contribution in [-0.2, 0) is 16.6 Å². The Morgan fingerprint density at radius 2 is 1.91 bits per heavy atom. The van der Waals surface area contributed by atoms with E-state index in [1.165, 1.54) is 0 Å². The highest BCUT2D eigenvalue weighted by molar-refractivity contribution is 5.87. The molecule has 0 bridgehead atoms. The largest absolute Gasteiger partial charge is 0.480 e. The number of aliphatic carboxylic acids is 1. The standard InChI is InChI=1S/C11H12N2O.C5H7NO3/c1-9-8-11(14)13(12(9)2)10-6-4-3-5-7-10;7-4-2-1-3(6-4)5(8)9/h3-8H,1-2H3;3H,1-2H2,(H,6,7)(H,8,9)/t;3-/m.0/s1. The van der Waals surface area contributed by atoms with E-state index in [2.05, 4.69) is 5.32 Å². The quantitative estimate of drug-likeness (QED) is 0.858.